The van der Waals surface area contributed by atoms with E-state index in [1.165, 1.54) is 0 Å². The number of hydrogen-bond acceptors (Lipinski definition) is 3. The topological polar surface area (TPSA) is 86.8 Å². The molecule has 1 fully saturated rings. The maximum Gasteiger partial charge on any atom is 0.407 e. The van der Waals surface area contributed by atoms with E-state index in [0.717, 1.165) is 4.90 Å². The maximum absolute atomic E-state index is 10.3. The summed E-state index contributed by atoms with van der Waals surface area (Å²) in [6.07, 6.45) is -1.72. The van der Waals surface area contributed by atoms with Crippen molar-refractivity contribution in [3.05, 3.63) is 0 Å². The van der Waals surface area contributed by atoms with Crippen LogP contribution >= 0.6 is 0 Å². The third kappa shape index (κ3) is 1.19. The molecule has 0 aromatic heterocycles. The standard InChI is InChI=1S/C5H10N2O3/c6-3-1-7(5(9)10)2-4(3)8/h3-4,8H,1-2,6H2,(H,9,10)/t3-,4-/m1/s1. The number of β-amino-alcohol motifs (C(OH)–C–C–N with tert-alkyl or cyclic N) is 1. The highest BCUT2D eigenvalue weighted by atomic mass is 16.4. The van der Waals surface area contributed by atoms with Crippen LogP contribution in [0.2, 0.25) is 0 Å². The van der Waals surface area contributed by atoms with E-state index in [1.807, 2.05) is 0 Å². The van der Waals surface area contributed by atoms with Crippen molar-refractivity contribution in [3.63, 3.8) is 0 Å². The van der Waals surface area contributed by atoms with Crippen LogP contribution < -0.4 is 5.73 Å². The number of carboxylic acid groups (broad SMARTS) is 1. The molecule has 1 heterocycles. The summed E-state index contributed by atoms with van der Waals surface area (Å²) >= 11 is 0. The van der Waals surface area contributed by atoms with E-state index in [1.54, 1.807) is 0 Å². The van der Waals surface area contributed by atoms with Crippen LogP contribution in [0, 0.1) is 0 Å². The number of carbonyl (C=O) groups is 1. The molecule has 0 aromatic carbocycles. The molecule has 1 rings (SSSR count). The van der Waals surface area contributed by atoms with Crippen LogP contribution in [0.15, 0.2) is 0 Å². The summed E-state index contributed by atoms with van der Waals surface area (Å²) in [4.78, 5) is 11.4. The van der Waals surface area contributed by atoms with Gasteiger partial charge in [0.05, 0.1) is 18.7 Å². The predicted molar refractivity (Wildman–Crippen MR) is 33.6 cm³/mol. The first-order chi connectivity index (χ1) is 4.61. The van der Waals surface area contributed by atoms with Gasteiger partial charge in [0.25, 0.3) is 0 Å². The average molecular weight is 146 g/mol. The molecule has 0 radical (unpaired) electrons. The van der Waals surface area contributed by atoms with E-state index in [-0.39, 0.29) is 13.1 Å². The van der Waals surface area contributed by atoms with E-state index in [0.29, 0.717) is 0 Å². The number of nitrogens with zero attached hydrogens (tertiary/aromatic N) is 1. The fourth-order valence-electron chi connectivity index (χ4n) is 0.968. The highest BCUT2D eigenvalue weighted by Gasteiger charge is 2.30. The molecule has 1 amide bonds. The summed E-state index contributed by atoms with van der Waals surface area (Å²) < 4.78 is 0. The molecular weight excluding hydrogens is 136 g/mol. The zero-order valence-electron chi connectivity index (χ0n) is 5.40. The van der Waals surface area contributed by atoms with E-state index < -0.39 is 18.2 Å². The van der Waals surface area contributed by atoms with E-state index in [2.05, 4.69) is 0 Å². The third-order valence-corrected chi connectivity index (χ3v) is 1.60. The molecule has 0 bridgehead atoms. The Morgan fingerprint density at radius 3 is 2.40 bits per heavy atom. The number of amides is 1. The molecule has 5 nitrogen and oxygen atoms in total. The Bertz CT molecular complexity index is 140. The minimum Gasteiger partial charge on any atom is -0.465 e. The summed E-state index contributed by atoms with van der Waals surface area (Å²) in [5.74, 6) is 0. The van der Waals surface area contributed by atoms with Gasteiger partial charge in [0.1, 0.15) is 0 Å². The maximum atomic E-state index is 10.3. The molecule has 0 unspecified atom stereocenters. The second-order valence-electron chi connectivity index (χ2n) is 2.42. The highest BCUT2D eigenvalue weighted by Crippen LogP contribution is 2.07. The fraction of sp³-hybridized carbons (Fsp3) is 0.800. The average Bonchev–Trinajstić information content (AvgIpc) is 2.13. The fourth-order valence-corrected chi connectivity index (χ4v) is 0.968. The van der Waals surface area contributed by atoms with Crippen LogP contribution in [0.25, 0.3) is 0 Å². The Kier molecular flexibility index (Phi) is 1.78. The lowest BCUT2D eigenvalue weighted by molar-refractivity contribution is 0.138. The Morgan fingerprint density at radius 1 is 1.60 bits per heavy atom. The molecule has 5 heteroatoms. The zero-order valence-corrected chi connectivity index (χ0v) is 5.40. The quantitative estimate of drug-likeness (QED) is 0.395. The van der Waals surface area contributed by atoms with Crippen molar-refractivity contribution in [2.75, 3.05) is 13.1 Å². The number of likely N-dealkylation sites (tertiary alicyclic amines) is 1. The van der Waals surface area contributed by atoms with Gasteiger partial charge in [0, 0.05) is 6.54 Å². The minimum absolute atomic E-state index is 0.135. The Hall–Kier alpha value is -0.810. The van der Waals surface area contributed by atoms with Gasteiger partial charge in [0.15, 0.2) is 0 Å². The van der Waals surface area contributed by atoms with Gasteiger partial charge < -0.3 is 20.8 Å². The van der Waals surface area contributed by atoms with E-state index in [4.69, 9.17) is 15.9 Å². The van der Waals surface area contributed by atoms with Gasteiger partial charge in [-0.3, -0.25) is 0 Å². The summed E-state index contributed by atoms with van der Waals surface area (Å²) in [6, 6.07) is -0.420. The minimum atomic E-state index is -1.02. The van der Waals surface area contributed by atoms with Gasteiger partial charge in [0.2, 0.25) is 0 Å². The van der Waals surface area contributed by atoms with Crippen molar-refractivity contribution in [3.8, 4) is 0 Å². The second-order valence-corrected chi connectivity index (χ2v) is 2.42. The molecule has 2 atom stereocenters. The first-order valence-corrected chi connectivity index (χ1v) is 3.03. The lowest BCUT2D eigenvalue weighted by Crippen LogP contribution is -2.33. The van der Waals surface area contributed by atoms with Crippen LogP contribution in [-0.2, 0) is 0 Å². The van der Waals surface area contributed by atoms with Crippen molar-refractivity contribution >= 4 is 6.09 Å². The predicted octanol–water partition coefficient (Wildman–Crippen LogP) is -1.33. The monoisotopic (exact) mass is 146 g/mol. The first-order valence-electron chi connectivity index (χ1n) is 3.03. The molecule has 4 N–H and O–H groups in total. The van der Waals surface area contributed by atoms with Crippen molar-refractivity contribution in [1.29, 1.82) is 0 Å². The lowest BCUT2D eigenvalue weighted by Gasteiger charge is -2.08. The molecule has 10 heavy (non-hydrogen) atoms. The SMILES string of the molecule is N[C@@H]1CN(C(=O)O)C[C@H]1O. The number of rotatable bonds is 0. The van der Waals surface area contributed by atoms with Gasteiger partial charge in [-0.2, -0.15) is 0 Å². The molecule has 58 valence electrons. The molecule has 0 aliphatic carbocycles. The second kappa shape index (κ2) is 2.43. The van der Waals surface area contributed by atoms with Crippen LogP contribution in [-0.4, -0.2) is 46.4 Å². The number of aliphatic hydroxyl groups is 1. The smallest absolute Gasteiger partial charge is 0.407 e. The number of aliphatic hydroxyl groups excluding tert-OH is 1. The van der Waals surface area contributed by atoms with Gasteiger partial charge in [-0.25, -0.2) is 4.79 Å². The van der Waals surface area contributed by atoms with Crippen molar-refractivity contribution in [2.45, 2.75) is 12.1 Å². The molecule has 1 aliphatic rings. The zero-order chi connectivity index (χ0) is 7.72. The van der Waals surface area contributed by atoms with E-state index in [9.17, 15) is 4.79 Å². The molecular formula is C5H10N2O3. The van der Waals surface area contributed by atoms with Gasteiger partial charge in [-0.1, -0.05) is 0 Å². The van der Waals surface area contributed by atoms with Crippen molar-refractivity contribution in [1.82, 2.24) is 4.90 Å². The van der Waals surface area contributed by atoms with Gasteiger partial charge in [-0.15, -0.1) is 0 Å². The Morgan fingerprint density at radius 2 is 2.20 bits per heavy atom. The van der Waals surface area contributed by atoms with Gasteiger partial charge in [-0.05, 0) is 0 Å². The first kappa shape index (κ1) is 7.30. The molecule has 0 saturated carbocycles. The van der Waals surface area contributed by atoms with Gasteiger partial charge >= 0.3 is 6.09 Å². The van der Waals surface area contributed by atoms with Crippen LogP contribution in [0.3, 0.4) is 0 Å². The summed E-state index contributed by atoms with van der Waals surface area (Å²) in [7, 11) is 0. The normalized spacial score (nSPS) is 32.8. The molecule has 0 spiro atoms. The summed E-state index contributed by atoms with van der Waals surface area (Å²) in [5.41, 5.74) is 5.35. The van der Waals surface area contributed by atoms with Crippen molar-refractivity contribution in [2.24, 2.45) is 5.73 Å². The molecule has 1 saturated heterocycles. The number of nitrogens with two attached hydrogens (primary N) is 1. The lowest BCUT2D eigenvalue weighted by atomic mass is 10.2. The summed E-state index contributed by atoms with van der Waals surface area (Å²) in [5, 5.41) is 17.4. The molecule has 1 aliphatic heterocycles. The van der Waals surface area contributed by atoms with Crippen LogP contribution in [0.1, 0.15) is 0 Å². The number of hydrogen-bond donors (Lipinski definition) is 3. The molecule has 0 aromatic rings. The van der Waals surface area contributed by atoms with Crippen molar-refractivity contribution < 1.29 is 15.0 Å². The van der Waals surface area contributed by atoms with Crippen LogP contribution in [0.5, 0.6) is 0 Å². The summed E-state index contributed by atoms with van der Waals surface area (Å²) in [6.45, 7) is 0.368. The third-order valence-electron chi connectivity index (χ3n) is 1.60. The highest BCUT2D eigenvalue weighted by molar-refractivity contribution is 5.65. The van der Waals surface area contributed by atoms with E-state index >= 15 is 0 Å². The largest absolute Gasteiger partial charge is 0.465 e. The Balaban J connectivity index is 2.49. The Labute approximate surface area is 58.0 Å². The van der Waals surface area contributed by atoms with Crippen LogP contribution in [0.4, 0.5) is 4.79 Å².